The van der Waals surface area contributed by atoms with Crippen LogP contribution < -0.4 is 21.1 Å². The third-order valence-corrected chi connectivity index (χ3v) is 6.52. The lowest BCUT2D eigenvalue weighted by molar-refractivity contribution is 0.585. The highest BCUT2D eigenvalue weighted by Crippen LogP contribution is 2.30. The first-order valence-electron chi connectivity index (χ1n) is 10.8. The molecule has 0 spiro atoms. The summed E-state index contributed by atoms with van der Waals surface area (Å²) < 4.78 is 15.1. The van der Waals surface area contributed by atoms with Crippen molar-refractivity contribution in [2.75, 3.05) is 36.4 Å². The number of benzene rings is 2. The van der Waals surface area contributed by atoms with Crippen LogP contribution in [0.1, 0.15) is 11.3 Å². The topological polar surface area (TPSA) is 85.9 Å². The monoisotopic (exact) mass is 498 g/mol. The molecule has 3 heterocycles. The first-order chi connectivity index (χ1) is 16.5. The molecule has 3 N–H and O–H groups in total. The lowest BCUT2D eigenvalue weighted by Gasteiger charge is -2.29. The van der Waals surface area contributed by atoms with Crippen LogP contribution in [-0.2, 0) is 6.42 Å². The molecule has 2 aromatic heterocycles. The fourth-order valence-corrected chi connectivity index (χ4v) is 4.62. The standard InChI is InChI=1S/C24H21Cl2FN6O/c25-18-2-1-3-19(26)17(18)11-15-10-14-13-29-32-24(34)22(14)23(30-15)31-21-5-4-16(12-20(21)27)33-8-6-28-7-9-33/h1-5,10,12-13,28H,6-9,11H2,(H,30,31)(H,32,34). The Morgan fingerprint density at radius 1 is 1.09 bits per heavy atom. The average Bonchev–Trinajstić information content (AvgIpc) is 2.83. The van der Waals surface area contributed by atoms with E-state index in [1.165, 1.54) is 12.3 Å². The highest BCUT2D eigenvalue weighted by atomic mass is 35.5. The number of aromatic nitrogens is 3. The molecule has 1 aliphatic rings. The van der Waals surface area contributed by atoms with Crippen LogP contribution in [0.3, 0.4) is 0 Å². The highest BCUT2D eigenvalue weighted by molar-refractivity contribution is 6.36. The summed E-state index contributed by atoms with van der Waals surface area (Å²) >= 11 is 12.7. The van der Waals surface area contributed by atoms with Crippen molar-refractivity contribution in [3.8, 4) is 0 Å². The van der Waals surface area contributed by atoms with Gasteiger partial charge in [-0.3, -0.25) is 4.79 Å². The molecule has 4 aromatic rings. The van der Waals surface area contributed by atoms with Gasteiger partial charge in [0.05, 0.1) is 17.3 Å². The first-order valence-corrected chi connectivity index (χ1v) is 11.6. The number of hydrogen-bond donors (Lipinski definition) is 3. The van der Waals surface area contributed by atoms with Gasteiger partial charge in [-0.25, -0.2) is 14.5 Å². The fraction of sp³-hybridized carbons (Fsp3) is 0.208. The van der Waals surface area contributed by atoms with E-state index in [0.29, 0.717) is 33.1 Å². The van der Waals surface area contributed by atoms with Crippen molar-refractivity contribution >= 4 is 51.2 Å². The number of pyridine rings is 1. The van der Waals surface area contributed by atoms with Crippen molar-refractivity contribution in [3.63, 3.8) is 0 Å². The van der Waals surface area contributed by atoms with E-state index in [9.17, 15) is 4.79 Å². The maximum atomic E-state index is 15.1. The van der Waals surface area contributed by atoms with Gasteiger partial charge >= 0.3 is 0 Å². The Hall–Kier alpha value is -3.20. The van der Waals surface area contributed by atoms with Gasteiger partial charge in [0.1, 0.15) is 11.6 Å². The van der Waals surface area contributed by atoms with Gasteiger partial charge in [0.15, 0.2) is 0 Å². The molecule has 10 heteroatoms. The number of piperazine rings is 1. The summed E-state index contributed by atoms with van der Waals surface area (Å²) in [5, 5.41) is 14.5. The summed E-state index contributed by atoms with van der Waals surface area (Å²) in [6, 6.07) is 12.0. The van der Waals surface area contributed by atoms with Crippen LogP contribution in [-0.4, -0.2) is 41.4 Å². The minimum absolute atomic E-state index is 0.219. The molecule has 1 saturated heterocycles. The molecular formula is C24H21Cl2FN6O. The Morgan fingerprint density at radius 2 is 1.85 bits per heavy atom. The molecule has 5 rings (SSSR count). The van der Waals surface area contributed by atoms with Gasteiger partial charge < -0.3 is 15.5 Å². The van der Waals surface area contributed by atoms with Gasteiger partial charge in [-0.2, -0.15) is 5.10 Å². The van der Waals surface area contributed by atoms with Gasteiger partial charge in [-0.15, -0.1) is 0 Å². The molecule has 0 saturated carbocycles. The smallest absolute Gasteiger partial charge is 0.275 e. The molecule has 2 aromatic carbocycles. The van der Waals surface area contributed by atoms with E-state index in [1.807, 2.05) is 6.07 Å². The van der Waals surface area contributed by atoms with Crippen LogP contribution in [0.4, 0.5) is 21.6 Å². The number of aromatic amines is 1. The predicted molar refractivity (Wildman–Crippen MR) is 134 cm³/mol. The molecule has 7 nitrogen and oxygen atoms in total. The van der Waals surface area contributed by atoms with E-state index in [2.05, 4.69) is 30.7 Å². The predicted octanol–water partition coefficient (Wildman–Crippen LogP) is 4.51. The van der Waals surface area contributed by atoms with Crippen molar-refractivity contribution < 1.29 is 4.39 Å². The van der Waals surface area contributed by atoms with Crippen LogP contribution in [0.2, 0.25) is 10.0 Å². The molecule has 1 fully saturated rings. The molecule has 34 heavy (non-hydrogen) atoms. The molecular weight excluding hydrogens is 478 g/mol. The third kappa shape index (κ3) is 4.57. The van der Waals surface area contributed by atoms with Crippen LogP contribution in [0.15, 0.2) is 53.5 Å². The first kappa shape index (κ1) is 22.6. The van der Waals surface area contributed by atoms with Crippen molar-refractivity contribution in [1.82, 2.24) is 20.5 Å². The molecule has 0 radical (unpaired) electrons. The van der Waals surface area contributed by atoms with Gasteiger partial charge in [0.2, 0.25) is 0 Å². The number of hydrogen-bond acceptors (Lipinski definition) is 6. The lowest BCUT2D eigenvalue weighted by Crippen LogP contribution is -2.43. The zero-order valence-corrected chi connectivity index (χ0v) is 19.5. The largest absolute Gasteiger partial charge is 0.369 e. The quantitative estimate of drug-likeness (QED) is 0.375. The second kappa shape index (κ2) is 9.58. The van der Waals surface area contributed by atoms with Crippen molar-refractivity contribution in [2.45, 2.75) is 6.42 Å². The molecule has 0 atom stereocenters. The van der Waals surface area contributed by atoms with Crippen LogP contribution >= 0.6 is 23.2 Å². The fourth-order valence-electron chi connectivity index (χ4n) is 4.09. The Morgan fingerprint density at radius 3 is 2.59 bits per heavy atom. The van der Waals surface area contributed by atoms with Gasteiger partial charge in [0, 0.05) is 59.4 Å². The van der Waals surface area contributed by atoms with E-state index < -0.39 is 11.4 Å². The number of rotatable bonds is 5. The second-order valence-corrected chi connectivity index (χ2v) is 8.84. The van der Waals surface area contributed by atoms with Gasteiger partial charge in [0.25, 0.3) is 5.56 Å². The van der Waals surface area contributed by atoms with E-state index in [4.69, 9.17) is 23.2 Å². The van der Waals surface area contributed by atoms with Crippen molar-refractivity contribution in [3.05, 3.63) is 86.1 Å². The summed E-state index contributed by atoms with van der Waals surface area (Å²) in [5.74, 6) is -0.204. The average molecular weight is 499 g/mol. The number of nitrogens with one attached hydrogen (secondary N) is 3. The molecule has 0 amide bonds. The van der Waals surface area contributed by atoms with Crippen LogP contribution in [0.5, 0.6) is 0 Å². The Kier molecular flexibility index (Phi) is 6.36. The second-order valence-electron chi connectivity index (χ2n) is 8.03. The third-order valence-electron chi connectivity index (χ3n) is 5.81. The normalized spacial score (nSPS) is 13.9. The highest BCUT2D eigenvalue weighted by Gasteiger charge is 2.16. The van der Waals surface area contributed by atoms with Crippen molar-refractivity contribution in [1.29, 1.82) is 0 Å². The lowest BCUT2D eigenvalue weighted by atomic mass is 10.1. The minimum atomic E-state index is -0.434. The van der Waals surface area contributed by atoms with E-state index in [-0.39, 0.29) is 16.9 Å². The maximum Gasteiger partial charge on any atom is 0.275 e. The van der Waals surface area contributed by atoms with Gasteiger partial charge in [-0.05, 0) is 42.0 Å². The summed E-state index contributed by atoms with van der Waals surface area (Å²) in [6.07, 6.45) is 1.87. The molecule has 174 valence electrons. The summed E-state index contributed by atoms with van der Waals surface area (Å²) in [7, 11) is 0. The number of halogens is 3. The van der Waals surface area contributed by atoms with Crippen LogP contribution in [0, 0.1) is 5.82 Å². The Balaban J connectivity index is 1.53. The van der Waals surface area contributed by atoms with E-state index >= 15 is 4.39 Å². The Bertz CT molecular complexity index is 1400. The zero-order valence-electron chi connectivity index (χ0n) is 18.0. The van der Waals surface area contributed by atoms with E-state index in [1.54, 1.807) is 30.3 Å². The van der Waals surface area contributed by atoms with Crippen molar-refractivity contribution in [2.24, 2.45) is 0 Å². The molecule has 1 aliphatic heterocycles. The summed E-state index contributed by atoms with van der Waals surface area (Å²) in [4.78, 5) is 19.3. The Labute approximate surface area is 204 Å². The van der Waals surface area contributed by atoms with Gasteiger partial charge in [-0.1, -0.05) is 29.3 Å². The number of H-pyrrole nitrogens is 1. The number of anilines is 3. The summed E-state index contributed by atoms with van der Waals surface area (Å²) in [6.45, 7) is 3.34. The van der Waals surface area contributed by atoms with Crippen LogP contribution in [0.25, 0.3) is 10.8 Å². The number of fused-ring (bicyclic) bond motifs is 1. The number of nitrogens with zero attached hydrogens (tertiary/aromatic N) is 3. The molecule has 0 bridgehead atoms. The molecule has 0 aliphatic carbocycles. The maximum absolute atomic E-state index is 15.1. The summed E-state index contributed by atoms with van der Waals surface area (Å²) in [5.41, 5.74) is 1.93. The van der Waals surface area contributed by atoms with E-state index in [0.717, 1.165) is 31.9 Å². The molecule has 0 unspecified atom stereocenters. The SMILES string of the molecule is O=c1[nH]ncc2cc(Cc3c(Cl)cccc3Cl)nc(Nc3ccc(N4CCNCC4)cc3F)c12. The zero-order chi connectivity index (χ0) is 23.7. The minimum Gasteiger partial charge on any atom is -0.369 e.